The molecule has 1 saturated heterocycles. The van der Waals surface area contributed by atoms with Crippen LogP contribution in [0.5, 0.6) is 0 Å². The van der Waals surface area contributed by atoms with Gasteiger partial charge in [-0.15, -0.1) is 0 Å². The second-order valence-corrected chi connectivity index (χ2v) is 6.30. The minimum Gasteiger partial charge on any atom is -0.481 e. The van der Waals surface area contributed by atoms with Gasteiger partial charge in [0.05, 0.1) is 17.9 Å². The maximum atomic E-state index is 12.7. The highest BCUT2D eigenvalue weighted by Crippen LogP contribution is 2.39. The van der Waals surface area contributed by atoms with Crippen LogP contribution >= 0.6 is 0 Å². The molecule has 0 aromatic rings. The monoisotopic (exact) mass is 297 g/mol. The number of hydrogen-bond acceptors (Lipinski definition) is 3. The molecule has 2 fully saturated rings. The molecule has 1 amide bonds. The number of rotatable bonds is 5. The Labute approximate surface area is 126 Å². The molecule has 0 radical (unpaired) electrons. The largest absolute Gasteiger partial charge is 0.481 e. The van der Waals surface area contributed by atoms with Crippen molar-refractivity contribution in [3.8, 4) is 0 Å². The van der Waals surface area contributed by atoms with Crippen molar-refractivity contribution in [2.45, 2.75) is 52.1 Å². The Morgan fingerprint density at radius 3 is 2.57 bits per heavy atom. The summed E-state index contributed by atoms with van der Waals surface area (Å²) in [6.07, 6.45) is 4.36. The minimum absolute atomic E-state index is 0.0303. The van der Waals surface area contributed by atoms with E-state index in [9.17, 15) is 14.7 Å². The minimum atomic E-state index is -0.817. The van der Waals surface area contributed by atoms with Crippen molar-refractivity contribution in [2.75, 3.05) is 19.7 Å². The molecule has 5 nitrogen and oxygen atoms in total. The zero-order chi connectivity index (χ0) is 15.4. The van der Waals surface area contributed by atoms with Gasteiger partial charge in [-0.25, -0.2) is 0 Å². The fraction of sp³-hybridized carbons (Fsp3) is 0.875. The van der Waals surface area contributed by atoms with E-state index in [-0.39, 0.29) is 17.9 Å². The Morgan fingerprint density at radius 1 is 1.24 bits per heavy atom. The number of carbonyl (C=O) groups is 2. The van der Waals surface area contributed by atoms with Gasteiger partial charge >= 0.3 is 5.97 Å². The molecule has 1 aliphatic heterocycles. The maximum absolute atomic E-state index is 12.7. The molecule has 0 spiro atoms. The van der Waals surface area contributed by atoms with E-state index in [2.05, 4.69) is 6.92 Å². The van der Waals surface area contributed by atoms with Crippen molar-refractivity contribution in [3.63, 3.8) is 0 Å². The van der Waals surface area contributed by atoms with Gasteiger partial charge in [-0.2, -0.15) is 0 Å². The summed E-state index contributed by atoms with van der Waals surface area (Å²) in [7, 11) is 0. The van der Waals surface area contributed by atoms with E-state index in [1.165, 1.54) is 0 Å². The first-order chi connectivity index (χ1) is 10.1. The van der Waals surface area contributed by atoms with Crippen LogP contribution in [-0.2, 0) is 14.3 Å². The molecule has 0 bridgehead atoms. The van der Waals surface area contributed by atoms with Gasteiger partial charge < -0.3 is 14.7 Å². The second kappa shape index (κ2) is 7.25. The lowest BCUT2D eigenvalue weighted by atomic mass is 9.93. The van der Waals surface area contributed by atoms with Crippen molar-refractivity contribution in [3.05, 3.63) is 0 Å². The Hall–Kier alpha value is -1.10. The van der Waals surface area contributed by atoms with Crippen LogP contribution in [0.2, 0.25) is 0 Å². The number of aliphatic carboxylic acids is 1. The second-order valence-electron chi connectivity index (χ2n) is 6.30. The Balaban J connectivity index is 2.02. The number of piperidine rings is 1. The van der Waals surface area contributed by atoms with Gasteiger partial charge in [-0.05, 0) is 38.5 Å². The van der Waals surface area contributed by atoms with Crippen LogP contribution in [0, 0.1) is 17.8 Å². The number of carbonyl (C=O) groups excluding carboxylic acids is 1. The fourth-order valence-corrected chi connectivity index (χ4v) is 3.77. The number of carboxylic acid groups (broad SMARTS) is 1. The van der Waals surface area contributed by atoms with Gasteiger partial charge in [0, 0.05) is 19.7 Å². The predicted molar refractivity (Wildman–Crippen MR) is 78.9 cm³/mol. The number of carboxylic acids is 1. The summed E-state index contributed by atoms with van der Waals surface area (Å²) in [6.45, 7) is 6.05. The molecule has 120 valence electrons. The smallest absolute Gasteiger partial charge is 0.307 e. The molecule has 21 heavy (non-hydrogen) atoms. The molecule has 2 rings (SSSR count). The van der Waals surface area contributed by atoms with Crippen LogP contribution in [0.3, 0.4) is 0 Å². The van der Waals surface area contributed by atoms with Crippen molar-refractivity contribution in [1.82, 2.24) is 4.90 Å². The van der Waals surface area contributed by atoms with Gasteiger partial charge in [0.15, 0.2) is 0 Å². The standard InChI is InChI=1S/C16H27NO4/c1-3-11-8-13(14(9-11)16(19)20)15(18)17-7-5-6-12(10-17)21-4-2/h11-14H,3-10H2,1-2H3,(H,19,20). The third-order valence-corrected chi connectivity index (χ3v) is 4.96. The molecule has 1 heterocycles. The average Bonchev–Trinajstić information content (AvgIpc) is 2.91. The van der Waals surface area contributed by atoms with E-state index >= 15 is 0 Å². The van der Waals surface area contributed by atoms with Crippen molar-refractivity contribution in [2.24, 2.45) is 17.8 Å². The molecule has 1 N–H and O–H groups in total. The summed E-state index contributed by atoms with van der Waals surface area (Å²) in [5, 5.41) is 9.39. The van der Waals surface area contributed by atoms with Gasteiger partial charge in [-0.3, -0.25) is 9.59 Å². The third-order valence-electron chi connectivity index (χ3n) is 4.96. The summed E-state index contributed by atoms with van der Waals surface area (Å²) in [5.74, 6) is -1.26. The highest BCUT2D eigenvalue weighted by atomic mass is 16.5. The molecule has 1 aliphatic carbocycles. The fourth-order valence-electron chi connectivity index (χ4n) is 3.77. The highest BCUT2D eigenvalue weighted by molar-refractivity contribution is 5.85. The van der Waals surface area contributed by atoms with Crippen LogP contribution in [0.25, 0.3) is 0 Å². The third kappa shape index (κ3) is 3.76. The van der Waals surface area contributed by atoms with Gasteiger partial charge in [-0.1, -0.05) is 13.3 Å². The first-order valence-corrected chi connectivity index (χ1v) is 8.19. The van der Waals surface area contributed by atoms with Crippen LogP contribution in [0.4, 0.5) is 0 Å². The number of hydrogen-bond donors (Lipinski definition) is 1. The molecular weight excluding hydrogens is 270 g/mol. The molecule has 1 saturated carbocycles. The Kier molecular flexibility index (Phi) is 5.62. The van der Waals surface area contributed by atoms with Crippen LogP contribution < -0.4 is 0 Å². The van der Waals surface area contributed by atoms with Gasteiger partial charge in [0.25, 0.3) is 0 Å². The van der Waals surface area contributed by atoms with Crippen molar-refractivity contribution in [1.29, 1.82) is 0 Å². The van der Waals surface area contributed by atoms with E-state index in [0.717, 1.165) is 32.2 Å². The number of amides is 1. The van der Waals surface area contributed by atoms with Crippen molar-refractivity contribution >= 4 is 11.9 Å². The Bertz CT molecular complexity index is 382. The topological polar surface area (TPSA) is 66.8 Å². The molecule has 4 atom stereocenters. The van der Waals surface area contributed by atoms with Crippen LogP contribution in [0.15, 0.2) is 0 Å². The SMILES string of the molecule is CCOC1CCCN(C(=O)C2CC(CC)CC2C(=O)O)C1. The van der Waals surface area contributed by atoms with E-state index in [1.807, 2.05) is 11.8 Å². The number of likely N-dealkylation sites (tertiary alicyclic amines) is 1. The van der Waals surface area contributed by atoms with Gasteiger partial charge in [0.1, 0.15) is 0 Å². The van der Waals surface area contributed by atoms with Crippen LogP contribution in [0.1, 0.15) is 46.0 Å². The molecule has 5 heteroatoms. The molecule has 0 aromatic heterocycles. The molecule has 0 aromatic carbocycles. The molecule has 4 unspecified atom stereocenters. The number of ether oxygens (including phenoxy) is 1. The lowest BCUT2D eigenvalue weighted by molar-refractivity contribution is -0.150. The molecular formula is C16H27NO4. The lowest BCUT2D eigenvalue weighted by Gasteiger charge is -2.34. The van der Waals surface area contributed by atoms with Crippen molar-refractivity contribution < 1.29 is 19.4 Å². The summed E-state index contributed by atoms with van der Waals surface area (Å²) in [6, 6.07) is 0. The van der Waals surface area contributed by atoms with Gasteiger partial charge in [0.2, 0.25) is 5.91 Å². The Morgan fingerprint density at radius 2 is 1.95 bits per heavy atom. The van der Waals surface area contributed by atoms with E-state index in [4.69, 9.17) is 4.74 Å². The zero-order valence-corrected chi connectivity index (χ0v) is 13.1. The quantitative estimate of drug-likeness (QED) is 0.844. The summed E-state index contributed by atoms with van der Waals surface area (Å²) >= 11 is 0. The molecule has 2 aliphatic rings. The van der Waals surface area contributed by atoms with E-state index in [1.54, 1.807) is 0 Å². The maximum Gasteiger partial charge on any atom is 0.307 e. The normalized spacial score (nSPS) is 33.1. The van der Waals surface area contributed by atoms with E-state index < -0.39 is 11.9 Å². The highest BCUT2D eigenvalue weighted by Gasteiger charge is 2.44. The first kappa shape index (κ1) is 16.3. The number of nitrogens with zero attached hydrogens (tertiary/aromatic N) is 1. The van der Waals surface area contributed by atoms with Crippen LogP contribution in [-0.4, -0.2) is 47.7 Å². The lowest BCUT2D eigenvalue weighted by Crippen LogP contribution is -2.47. The first-order valence-electron chi connectivity index (χ1n) is 8.19. The summed E-state index contributed by atoms with van der Waals surface area (Å²) in [5.41, 5.74) is 0. The predicted octanol–water partition coefficient (Wildman–Crippen LogP) is 2.15. The summed E-state index contributed by atoms with van der Waals surface area (Å²) in [4.78, 5) is 26.0. The summed E-state index contributed by atoms with van der Waals surface area (Å²) < 4.78 is 5.63. The van der Waals surface area contributed by atoms with E-state index in [0.29, 0.717) is 25.5 Å². The zero-order valence-electron chi connectivity index (χ0n) is 13.1. The average molecular weight is 297 g/mol.